The second-order valence-electron chi connectivity index (χ2n) is 4.30. The summed E-state index contributed by atoms with van der Waals surface area (Å²) in [6, 6.07) is 10.9. The standard InChI is InChI=1S/C15H14F2OS/c1-10-4-2-3-5-15(10)19-9-14(18)11-6-12(16)8-13(17)7-11/h2-8,14,18H,9H2,1H3. The maximum Gasteiger partial charge on any atom is 0.126 e. The number of aryl methyl sites for hydroxylation is 1. The van der Waals surface area contributed by atoms with Crippen LogP contribution in [0.15, 0.2) is 47.4 Å². The first kappa shape index (κ1) is 14.0. The highest BCUT2D eigenvalue weighted by Gasteiger charge is 2.11. The zero-order valence-electron chi connectivity index (χ0n) is 10.4. The van der Waals surface area contributed by atoms with Crippen molar-refractivity contribution in [3.8, 4) is 0 Å². The fraction of sp³-hybridized carbons (Fsp3) is 0.200. The fourth-order valence-electron chi connectivity index (χ4n) is 1.75. The Labute approximate surface area is 115 Å². The molecule has 0 radical (unpaired) electrons. The minimum atomic E-state index is -0.894. The summed E-state index contributed by atoms with van der Waals surface area (Å²) in [5, 5.41) is 9.97. The summed E-state index contributed by atoms with van der Waals surface area (Å²) in [5.74, 6) is -0.988. The lowest BCUT2D eigenvalue weighted by Crippen LogP contribution is -2.02. The largest absolute Gasteiger partial charge is 0.388 e. The molecule has 0 heterocycles. The van der Waals surface area contributed by atoms with Crippen LogP contribution in [0.1, 0.15) is 17.2 Å². The number of hydrogen-bond donors (Lipinski definition) is 1. The van der Waals surface area contributed by atoms with Crippen LogP contribution in [0.25, 0.3) is 0 Å². The van der Waals surface area contributed by atoms with E-state index in [2.05, 4.69) is 0 Å². The van der Waals surface area contributed by atoms with Gasteiger partial charge in [-0.15, -0.1) is 11.8 Å². The maximum absolute atomic E-state index is 13.1. The Kier molecular flexibility index (Phi) is 4.56. The summed E-state index contributed by atoms with van der Waals surface area (Å²) in [5.41, 5.74) is 1.38. The van der Waals surface area contributed by atoms with Crippen LogP contribution < -0.4 is 0 Å². The van der Waals surface area contributed by atoms with E-state index < -0.39 is 17.7 Å². The van der Waals surface area contributed by atoms with Crippen molar-refractivity contribution in [2.45, 2.75) is 17.9 Å². The van der Waals surface area contributed by atoms with Gasteiger partial charge in [0.15, 0.2) is 0 Å². The van der Waals surface area contributed by atoms with Crippen LogP contribution >= 0.6 is 11.8 Å². The lowest BCUT2D eigenvalue weighted by molar-refractivity contribution is 0.203. The average Bonchev–Trinajstić information content (AvgIpc) is 2.36. The van der Waals surface area contributed by atoms with Crippen molar-refractivity contribution in [3.63, 3.8) is 0 Å². The molecule has 0 spiro atoms. The number of aliphatic hydroxyl groups excluding tert-OH is 1. The molecule has 0 bridgehead atoms. The van der Waals surface area contributed by atoms with Crippen molar-refractivity contribution in [2.24, 2.45) is 0 Å². The molecule has 0 aliphatic rings. The van der Waals surface area contributed by atoms with E-state index in [-0.39, 0.29) is 5.56 Å². The summed E-state index contributed by atoms with van der Waals surface area (Å²) in [6.45, 7) is 1.98. The summed E-state index contributed by atoms with van der Waals surface area (Å²) in [4.78, 5) is 1.05. The molecule has 4 heteroatoms. The summed E-state index contributed by atoms with van der Waals surface area (Å²) in [6.07, 6.45) is -0.894. The molecular formula is C15H14F2OS. The van der Waals surface area contributed by atoms with Gasteiger partial charge in [0.05, 0.1) is 6.10 Å². The molecule has 1 N–H and O–H groups in total. The van der Waals surface area contributed by atoms with Gasteiger partial charge in [0.2, 0.25) is 0 Å². The predicted octanol–water partition coefficient (Wildman–Crippen LogP) is 4.10. The molecule has 0 aromatic heterocycles. The van der Waals surface area contributed by atoms with Gasteiger partial charge in [-0.05, 0) is 36.2 Å². The van der Waals surface area contributed by atoms with E-state index in [1.165, 1.54) is 11.8 Å². The van der Waals surface area contributed by atoms with Crippen LogP contribution in [-0.2, 0) is 0 Å². The molecule has 0 fully saturated rings. The summed E-state index contributed by atoms with van der Waals surface area (Å²) in [7, 11) is 0. The molecule has 0 amide bonds. The van der Waals surface area contributed by atoms with E-state index in [4.69, 9.17) is 0 Å². The Hall–Kier alpha value is -1.39. The van der Waals surface area contributed by atoms with Crippen molar-refractivity contribution in [1.82, 2.24) is 0 Å². The second kappa shape index (κ2) is 6.17. The molecule has 19 heavy (non-hydrogen) atoms. The van der Waals surface area contributed by atoms with Crippen molar-refractivity contribution < 1.29 is 13.9 Å². The Balaban J connectivity index is 2.05. The van der Waals surface area contributed by atoms with Gasteiger partial charge < -0.3 is 5.11 Å². The van der Waals surface area contributed by atoms with Gasteiger partial charge in [0, 0.05) is 16.7 Å². The summed E-state index contributed by atoms with van der Waals surface area (Å²) < 4.78 is 26.1. The van der Waals surface area contributed by atoms with E-state index in [0.29, 0.717) is 5.75 Å². The molecule has 2 aromatic carbocycles. The van der Waals surface area contributed by atoms with E-state index in [1.54, 1.807) is 0 Å². The predicted molar refractivity (Wildman–Crippen MR) is 73.2 cm³/mol. The second-order valence-corrected chi connectivity index (χ2v) is 5.36. The molecule has 100 valence electrons. The molecule has 0 aliphatic heterocycles. The number of benzene rings is 2. The maximum atomic E-state index is 13.1. The van der Waals surface area contributed by atoms with Gasteiger partial charge >= 0.3 is 0 Å². The molecule has 1 unspecified atom stereocenters. The first-order valence-electron chi connectivity index (χ1n) is 5.89. The highest BCUT2D eigenvalue weighted by atomic mass is 32.2. The number of hydrogen-bond acceptors (Lipinski definition) is 2. The Bertz CT molecular complexity index is 552. The highest BCUT2D eigenvalue weighted by Crippen LogP contribution is 2.27. The van der Waals surface area contributed by atoms with Gasteiger partial charge in [0.1, 0.15) is 11.6 Å². The average molecular weight is 280 g/mol. The monoisotopic (exact) mass is 280 g/mol. The third kappa shape index (κ3) is 3.78. The molecule has 2 aromatic rings. The van der Waals surface area contributed by atoms with Crippen LogP contribution in [0.2, 0.25) is 0 Å². The van der Waals surface area contributed by atoms with E-state index in [0.717, 1.165) is 28.7 Å². The van der Waals surface area contributed by atoms with Crippen molar-refractivity contribution in [3.05, 3.63) is 65.2 Å². The number of aliphatic hydroxyl groups is 1. The van der Waals surface area contributed by atoms with E-state index in [9.17, 15) is 13.9 Å². The Morgan fingerprint density at radius 2 is 1.74 bits per heavy atom. The number of halogens is 2. The van der Waals surface area contributed by atoms with Crippen molar-refractivity contribution in [1.29, 1.82) is 0 Å². The minimum absolute atomic E-state index is 0.263. The molecule has 0 aliphatic carbocycles. The van der Waals surface area contributed by atoms with E-state index in [1.807, 2.05) is 31.2 Å². The zero-order chi connectivity index (χ0) is 13.8. The molecule has 2 rings (SSSR count). The van der Waals surface area contributed by atoms with Gasteiger partial charge in [-0.3, -0.25) is 0 Å². The van der Waals surface area contributed by atoms with Crippen LogP contribution in [0, 0.1) is 18.6 Å². The summed E-state index contributed by atoms with van der Waals surface area (Å²) >= 11 is 1.47. The van der Waals surface area contributed by atoms with Gasteiger partial charge in [-0.25, -0.2) is 8.78 Å². The van der Waals surface area contributed by atoms with Crippen molar-refractivity contribution >= 4 is 11.8 Å². The van der Waals surface area contributed by atoms with Crippen LogP contribution in [-0.4, -0.2) is 10.9 Å². The lowest BCUT2D eigenvalue weighted by Gasteiger charge is -2.12. The van der Waals surface area contributed by atoms with Gasteiger partial charge in [0.25, 0.3) is 0 Å². The van der Waals surface area contributed by atoms with Crippen LogP contribution in [0.4, 0.5) is 8.78 Å². The molecule has 1 atom stereocenters. The first-order valence-corrected chi connectivity index (χ1v) is 6.87. The minimum Gasteiger partial charge on any atom is -0.388 e. The molecule has 0 saturated heterocycles. The lowest BCUT2D eigenvalue weighted by atomic mass is 10.1. The highest BCUT2D eigenvalue weighted by molar-refractivity contribution is 7.99. The van der Waals surface area contributed by atoms with E-state index >= 15 is 0 Å². The number of rotatable bonds is 4. The van der Waals surface area contributed by atoms with Crippen molar-refractivity contribution in [2.75, 3.05) is 5.75 Å². The first-order chi connectivity index (χ1) is 9.06. The third-order valence-corrected chi connectivity index (χ3v) is 4.01. The van der Waals surface area contributed by atoms with Gasteiger partial charge in [-0.2, -0.15) is 0 Å². The van der Waals surface area contributed by atoms with Crippen LogP contribution in [0.3, 0.4) is 0 Å². The van der Waals surface area contributed by atoms with Crippen LogP contribution in [0.5, 0.6) is 0 Å². The number of thioether (sulfide) groups is 1. The fourth-order valence-corrected chi connectivity index (χ4v) is 2.75. The molecule has 1 nitrogen and oxygen atoms in total. The zero-order valence-corrected chi connectivity index (χ0v) is 11.3. The third-order valence-electron chi connectivity index (χ3n) is 2.76. The quantitative estimate of drug-likeness (QED) is 0.851. The smallest absolute Gasteiger partial charge is 0.126 e. The normalized spacial score (nSPS) is 12.4. The SMILES string of the molecule is Cc1ccccc1SCC(O)c1cc(F)cc(F)c1. The molecular weight excluding hydrogens is 266 g/mol. The van der Waals surface area contributed by atoms with Gasteiger partial charge in [-0.1, -0.05) is 18.2 Å². The molecule has 0 saturated carbocycles. The topological polar surface area (TPSA) is 20.2 Å². The Morgan fingerprint density at radius 1 is 1.11 bits per heavy atom. The Morgan fingerprint density at radius 3 is 2.37 bits per heavy atom.